The lowest BCUT2D eigenvalue weighted by atomic mass is 9.91. The van der Waals surface area contributed by atoms with Crippen LogP contribution in [0.5, 0.6) is 0 Å². The van der Waals surface area contributed by atoms with Crippen molar-refractivity contribution in [2.75, 3.05) is 57.8 Å². The highest BCUT2D eigenvalue weighted by Crippen LogP contribution is 2.40. The molecule has 2 saturated heterocycles. The van der Waals surface area contributed by atoms with Gasteiger partial charge in [-0.2, -0.15) is 0 Å². The normalized spacial score (nSPS) is 24.2. The van der Waals surface area contributed by atoms with Crippen molar-refractivity contribution in [3.8, 4) is 0 Å². The van der Waals surface area contributed by atoms with Gasteiger partial charge in [-0.05, 0) is 44.2 Å². The van der Waals surface area contributed by atoms with E-state index in [4.69, 9.17) is 4.98 Å². The van der Waals surface area contributed by atoms with Crippen molar-refractivity contribution >= 4 is 42.3 Å². The maximum Gasteiger partial charge on any atom is 0.241 e. The third-order valence-corrected chi connectivity index (χ3v) is 8.59. The van der Waals surface area contributed by atoms with Gasteiger partial charge in [0.15, 0.2) is 0 Å². The lowest BCUT2D eigenvalue weighted by Crippen LogP contribution is -2.63. The highest BCUT2D eigenvalue weighted by molar-refractivity contribution is 5.97. The molecule has 2 aromatic rings. The fourth-order valence-corrected chi connectivity index (χ4v) is 6.11. The van der Waals surface area contributed by atoms with Gasteiger partial charge < -0.3 is 15.1 Å². The van der Waals surface area contributed by atoms with Gasteiger partial charge in [0, 0.05) is 74.9 Å². The number of piperazine rings is 2. The number of anilines is 1. The van der Waals surface area contributed by atoms with Crippen LogP contribution in [0.3, 0.4) is 0 Å². The number of fused-ring (bicyclic) bond motifs is 1. The van der Waals surface area contributed by atoms with Gasteiger partial charge in [-0.3, -0.25) is 24.4 Å². The summed E-state index contributed by atoms with van der Waals surface area (Å²) in [4.78, 5) is 39.3. The number of aromatic nitrogens is 1. The standard InChI is InChI=1S/C30H40F2N6O2.2ClH/c1-19-13-36(24(12-33-19)15-37-14-20(2)35(5)16-27(37)39)17-28(40)38-18-30(3,4)29-26(38)9-21(11-34-29)8-22-6-7-23(31)10-25(22)32;;/h6-7,9-11,19-20,24,33H,8,12-18H2,1-5H3;2*1H/t19-,20+,24-;;/m1../s1. The Hall–Kier alpha value is -2.37. The zero-order valence-electron chi connectivity index (χ0n) is 24.9. The molecule has 1 aromatic heterocycles. The Morgan fingerprint density at radius 1 is 1.14 bits per heavy atom. The molecule has 5 rings (SSSR count). The van der Waals surface area contributed by atoms with Crippen LogP contribution in [0.1, 0.15) is 44.5 Å². The monoisotopic (exact) mass is 626 g/mol. The van der Waals surface area contributed by atoms with Gasteiger partial charge in [-0.15, -0.1) is 24.8 Å². The van der Waals surface area contributed by atoms with Gasteiger partial charge in [0.25, 0.3) is 0 Å². The van der Waals surface area contributed by atoms with E-state index in [1.165, 1.54) is 12.1 Å². The number of hydrogen-bond donors (Lipinski definition) is 1. The minimum Gasteiger partial charge on any atom is -0.338 e. The van der Waals surface area contributed by atoms with Gasteiger partial charge in [-0.25, -0.2) is 8.78 Å². The fraction of sp³-hybridized carbons (Fsp3) is 0.567. The molecule has 1 aromatic carbocycles. The van der Waals surface area contributed by atoms with E-state index in [9.17, 15) is 18.4 Å². The predicted octanol–water partition coefficient (Wildman–Crippen LogP) is 3.24. The zero-order chi connectivity index (χ0) is 28.8. The molecule has 0 unspecified atom stereocenters. The van der Waals surface area contributed by atoms with Crippen molar-refractivity contribution in [2.45, 2.75) is 57.7 Å². The number of benzene rings is 1. The molecule has 4 heterocycles. The molecule has 3 aliphatic heterocycles. The molecule has 0 bridgehead atoms. The van der Waals surface area contributed by atoms with E-state index in [0.717, 1.165) is 23.0 Å². The van der Waals surface area contributed by atoms with Crippen molar-refractivity contribution in [2.24, 2.45) is 0 Å². The van der Waals surface area contributed by atoms with Crippen LogP contribution in [0.4, 0.5) is 14.5 Å². The SMILES string of the molecule is C[C@@H]1CN(CC(=O)N2CC(C)(C)c3ncc(Cc4ccc(F)cc4F)cc32)[C@@H](CN2C[C@H](C)N(C)CC2=O)CN1.Cl.Cl. The van der Waals surface area contributed by atoms with E-state index in [1.807, 2.05) is 18.0 Å². The Kier molecular flexibility index (Phi) is 11.0. The first-order valence-electron chi connectivity index (χ1n) is 14.1. The number of nitrogens with one attached hydrogen (secondary N) is 1. The van der Waals surface area contributed by atoms with E-state index in [2.05, 4.69) is 42.8 Å². The lowest BCUT2D eigenvalue weighted by Gasteiger charge is -2.44. The molecule has 2 fully saturated rings. The first kappa shape index (κ1) is 34.1. The summed E-state index contributed by atoms with van der Waals surface area (Å²) in [6.45, 7) is 12.2. The Labute approximate surface area is 259 Å². The third-order valence-electron chi connectivity index (χ3n) is 8.59. The summed E-state index contributed by atoms with van der Waals surface area (Å²) >= 11 is 0. The van der Waals surface area contributed by atoms with Crippen molar-refractivity contribution in [3.63, 3.8) is 0 Å². The molecule has 8 nitrogen and oxygen atoms in total. The van der Waals surface area contributed by atoms with Gasteiger partial charge >= 0.3 is 0 Å². The number of rotatable bonds is 6. The number of halogens is 4. The van der Waals surface area contributed by atoms with Crippen LogP contribution in [-0.4, -0.2) is 102 Å². The third kappa shape index (κ3) is 7.22. The Morgan fingerprint density at radius 2 is 1.88 bits per heavy atom. The largest absolute Gasteiger partial charge is 0.338 e. The quantitative estimate of drug-likeness (QED) is 0.531. The molecule has 232 valence electrons. The zero-order valence-corrected chi connectivity index (χ0v) is 26.5. The number of hydrogen-bond acceptors (Lipinski definition) is 6. The van der Waals surface area contributed by atoms with Crippen LogP contribution in [0.15, 0.2) is 30.5 Å². The summed E-state index contributed by atoms with van der Waals surface area (Å²) in [6, 6.07) is 6.04. The van der Waals surface area contributed by atoms with E-state index >= 15 is 0 Å². The lowest BCUT2D eigenvalue weighted by molar-refractivity contribution is -0.138. The molecule has 1 N–H and O–H groups in total. The average molecular weight is 628 g/mol. The number of amides is 2. The summed E-state index contributed by atoms with van der Waals surface area (Å²) < 4.78 is 27.7. The van der Waals surface area contributed by atoms with Gasteiger partial charge in [0.1, 0.15) is 11.6 Å². The van der Waals surface area contributed by atoms with E-state index < -0.39 is 11.6 Å². The first-order valence-corrected chi connectivity index (χ1v) is 14.1. The number of carbonyl (C=O) groups excluding carboxylic acids is 2. The van der Waals surface area contributed by atoms with Crippen molar-refractivity contribution in [3.05, 3.63) is 58.9 Å². The maximum absolute atomic E-state index is 14.3. The Balaban J connectivity index is 0.00000242. The smallest absolute Gasteiger partial charge is 0.241 e. The van der Waals surface area contributed by atoms with Crippen LogP contribution in [0.25, 0.3) is 0 Å². The van der Waals surface area contributed by atoms with Crippen LogP contribution in [0.2, 0.25) is 0 Å². The van der Waals surface area contributed by atoms with Crippen LogP contribution < -0.4 is 10.2 Å². The van der Waals surface area contributed by atoms with E-state index in [0.29, 0.717) is 44.8 Å². The second-order valence-electron chi connectivity index (χ2n) is 12.4. The van der Waals surface area contributed by atoms with Crippen molar-refractivity contribution < 1.29 is 18.4 Å². The molecule has 2 amide bonds. The molecule has 42 heavy (non-hydrogen) atoms. The predicted molar refractivity (Wildman–Crippen MR) is 165 cm³/mol. The van der Waals surface area contributed by atoms with Gasteiger partial charge in [0.2, 0.25) is 11.8 Å². The highest BCUT2D eigenvalue weighted by atomic mass is 35.5. The minimum absolute atomic E-state index is 0. The number of pyridine rings is 1. The van der Waals surface area contributed by atoms with Crippen LogP contribution >= 0.6 is 24.8 Å². The molecule has 3 atom stereocenters. The Morgan fingerprint density at radius 3 is 2.60 bits per heavy atom. The maximum atomic E-state index is 14.3. The second kappa shape index (κ2) is 13.5. The number of carbonyl (C=O) groups is 2. The first-order chi connectivity index (χ1) is 18.9. The van der Waals surface area contributed by atoms with Crippen LogP contribution in [-0.2, 0) is 21.4 Å². The molecule has 12 heteroatoms. The summed E-state index contributed by atoms with van der Waals surface area (Å²) in [7, 11) is 1.97. The summed E-state index contributed by atoms with van der Waals surface area (Å²) in [5, 5.41) is 3.52. The molecule has 3 aliphatic rings. The fourth-order valence-electron chi connectivity index (χ4n) is 6.11. The van der Waals surface area contributed by atoms with E-state index in [1.54, 1.807) is 11.1 Å². The molecule has 0 saturated carbocycles. The van der Waals surface area contributed by atoms with Gasteiger partial charge in [0.05, 0.1) is 24.5 Å². The number of likely N-dealkylation sites (N-methyl/N-ethyl adjacent to an activating group) is 1. The molecular weight excluding hydrogens is 585 g/mol. The van der Waals surface area contributed by atoms with Crippen LogP contribution in [0, 0.1) is 11.6 Å². The number of nitrogens with zero attached hydrogens (tertiary/aromatic N) is 5. The summed E-state index contributed by atoms with van der Waals surface area (Å²) in [6.07, 6.45) is 1.98. The van der Waals surface area contributed by atoms with Crippen molar-refractivity contribution in [1.82, 2.24) is 25.0 Å². The molecule has 0 aliphatic carbocycles. The Bertz CT molecular complexity index is 1300. The second-order valence-corrected chi connectivity index (χ2v) is 12.4. The van der Waals surface area contributed by atoms with Crippen molar-refractivity contribution in [1.29, 1.82) is 0 Å². The summed E-state index contributed by atoms with van der Waals surface area (Å²) in [5.74, 6) is -1.10. The highest BCUT2D eigenvalue weighted by Gasteiger charge is 2.41. The van der Waals surface area contributed by atoms with E-state index in [-0.39, 0.29) is 73.1 Å². The minimum atomic E-state index is -0.612. The van der Waals surface area contributed by atoms with Gasteiger partial charge in [-0.1, -0.05) is 19.9 Å². The topological polar surface area (TPSA) is 72.0 Å². The molecule has 0 spiro atoms. The molecular formula is C30H42Cl2F2N6O2. The molecule has 0 radical (unpaired) electrons. The summed E-state index contributed by atoms with van der Waals surface area (Å²) in [5.41, 5.74) is 2.40. The average Bonchev–Trinajstić information content (AvgIpc) is 3.16.